The van der Waals surface area contributed by atoms with Crippen LogP contribution in [-0.2, 0) is 9.47 Å². The third-order valence-corrected chi connectivity index (χ3v) is 0.341. The van der Waals surface area contributed by atoms with Gasteiger partial charge >= 0.3 is 137 Å². The fourth-order valence-corrected chi connectivity index (χ4v) is 0.163. The van der Waals surface area contributed by atoms with Crippen LogP contribution in [0.15, 0.2) is 0 Å². The summed E-state index contributed by atoms with van der Waals surface area (Å²) in [6, 6.07) is 0. The Morgan fingerprint density at radius 2 is 1.00 bits per heavy atom. The Hall–Kier alpha value is 2.21. The van der Waals surface area contributed by atoms with E-state index in [9.17, 15) is 14.4 Å². The number of rotatable bonds is 0. The number of carbonyl (C=O) groups excluding carboxylic acids is 1. The molecule has 0 spiro atoms. The van der Waals surface area contributed by atoms with Crippen LogP contribution >= 0.6 is 0 Å². The molecule has 0 aliphatic heterocycles. The fourth-order valence-electron chi connectivity index (χ4n) is 0.163. The number of hydrogen-bond acceptors (Lipinski definition) is 5. The first-order chi connectivity index (χ1) is 4.52. The summed E-state index contributed by atoms with van der Waals surface area (Å²) in [6.45, 7) is 0. The third-order valence-electron chi connectivity index (χ3n) is 0.341. The number of ether oxygens (including phenoxy) is 2. The van der Waals surface area contributed by atoms with Crippen LogP contribution in [-0.4, -0.2) is 28.7 Å². The molecule has 0 aliphatic rings. The molecule has 0 saturated heterocycles. The van der Waals surface area contributed by atoms with Crippen molar-refractivity contribution in [1.82, 2.24) is 0 Å². The van der Waals surface area contributed by atoms with Crippen LogP contribution in [0, 0.1) is 0 Å². The van der Waals surface area contributed by atoms with Gasteiger partial charge in [0.2, 0.25) is 0 Å². The SMILES string of the molecule is O=C(O)OC(=O)OC(=O)O.[H-].[H-].[H-].[H-].[Na+].[Na+].[Na+].[Na+]. The maximum absolute atomic E-state index is 9.86. The average molecular weight is 246 g/mol. The van der Waals surface area contributed by atoms with Crippen molar-refractivity contribution in [2.75, 3.05) is 0 Å². The number of hydrogen-bond donors (Lipinski definition) is 2. The molecule has 0 amide bonds. The standard InChI is InChI=1S/C3H2O7.4Na.4H/c4-1(5)9-3(8)10-2(6)7;;;;;;;;/h(H,4,5)(H,6,7);;;;;;;;/q;4*+1;4*-1. The zero-order chi connectivity index (χ0) is 8.15. The second-order valence-electron chi connectivity index (χ2n) is 0.986. The molecule has 0 atom stereocenters. The predicted octanol–water partition coefficient (Wildman–Crippen LogP) is -11.0. The molecule has 0 aliphatic carbocycles. The molecule has 0 bridgehead atoms. The van der Waals surface area contributed by atoms with Gasteiger partial charge in [0.05, 0.1) is 0 Å². The van der Waals surface area contributed by atoms with Crippen LogP contribution in [0.3, 0.4) is 0 Å². The summed E-state index contributed by atoms with van der Waals surface area (Å²) in [7, 11) is 0. The van der Waals surface area contributed by atoms with Crippen molar-refractivity contribution >= 4 is 18.5 Å². The second kappa shape index (κ2) is 17.6. The topological polar surface area (TPSA) is 110 Å². The van der Waals surface area contributed by atoms with E-state index < -0.39 is 18.5 Å². The Morgan fingerprint density at radius 3 is 1.14 bits per heavy atom. The largest absolute Gasteiger partial charge is 1.00 e. The zero-order valence-electron chi connectivity index (χ0n) is 12.4. The molecule has 0 aromatic rings. The van der Waals surface area contributed by atoms with E-state index in [1.807, 2.05) is 0 Å². The van der Waals surface area contributed by atoms with Crippen molar-refractivity contribution in [3.8, 4) is 0 Å². The van der Waals surface area contributed by atoms with E-state index in [2.05, 4.69) is 9.47 Å². The van der Waals surface area contributed by atoms with Gasteiger partial charge in [-0.2, -0.15) is 0 Å². The first-order valence-electron chi connectivity index (χ1n) is 1.88. The summed E-state index contributed by atoms with van der Waals surface area (Å²) in [6.07, 6.45) is -5.64. The van der Waals surface area contributed by atoms with E-state index in [4.69, 9.17) is 10.2 Å². The first kappa shape index (κ1) is 29.8. The van der Waals surface area contributed by atoms with Crippen LogP contribution in [0.2, 0.25) is 0 Å². The minimum absolute atomic E-state index is 0. The van der Waals surface area contributed by atoms with Crippen molar-refractivity contribution in [2.24, 2.45) is 0 Å². The number of carbonyl (C=O) groups is 3. The van der Waals surface area contributed by atoms with Crippen LogP contribution in [0.4, 0.5) is 14.4 Å². The zero-order valence-corrected chi connectivity index (χ0v) is 16.4. The van der Waals surface area contributed by atoms with Gasteiger partial charge in [-0.25, -0.2) is 14.4 Å². The maximum atomic E-state index is 9.86. The molecule has 0 fully saturated rings. The van der Waals surface area contributed by atoms with E-state index in [0.717, 1.165) is 0 Å². The Balaban J connectivity index is -0.0000000145. The first-order valence-corrected chi connectivity index (χ1v) is 1.88. The summed E-state index contributed by atoms with van der Waals surface area (Å²) >= 11 is 0. The maximum Gasteiger partial charge on any atom is 1.00 e. The van der Waals surface area contributed by atoms with Gasteiger partial charge in [-0.1, -0.05) is 0 Å². The molecular formula is C3H6Na4O7. The molecule has 0 rings (SSSR count). The summed E-state index contributed by atoms with van der Waals surface area (Å²) in [4.78, 5) is 28.8. The van der Waals surface area contributed by atoms with Crippen molar-refractivity contribution in [3.63, 3.8) is 0 Å². The molecule has 0 saturated carbocycles. The number of carboxylic acid groups (broad SMARTS) is 2. The van der Waals surface area contributed by atoms with Gasteiger partial charge in [0.1, 0.15) is 0 Å². The summed E-state index contributed by atoms with van der Waals surface area (Å²) in [5.41, 5.74) is 0. The summed E-state index contributed by atoms with van der Waals surface area (Å²) in [5, 5.41) is 15.4. The molecule has 0 unspecified atom stereocenters. The Bertz CT molecular complexity index is 178. The quantitative estimate of drug-likeness (QED) is 0.248. The molecular weight excluding hydrogens is 240 g/mol. The summed E-state index contributed by atoms with van der Waals surface area (Å²) in [5.74, 6) is 0. The minimum Gasteiger partial charge on any atom is -1.00 e. The van der Waals surface area contributed by atoms with E-state index >= 15 is 0 Å². The minimum atomic E-state index is -1.92. The van der Waals surface area contributed by atoms with E-state index in [1.54, 1.807) is 0 Å². The van der Waals surface area contributed by atoms with Gasteiger partial charge < -0.3 is 25.4 Å². The van der Waals surface area contributed by atoms with Crippen molar-refractivity contribution in [1.29, 1.82) is 0 Å². The normalized spacial score (nSPS) is 5.71. The molecule has 11 heteroatoms. The van der Waals surface area contributed by atoms with Gasteiger partial charge in [-0.3, -0.25) is 0 Å². The van der Waals surface area contributed by atoms with Crippen molar-refractivity contribution in [3.05, 3.63) is 0 Å². The average Bonchev–Trinajstić information content (AvgIpc) is 1.58. The van der Waals surface area contributed by atoms with Crippen LogP contribution in [0.1, 0.15) is 5.71 Å². The van der Waals surface area contributed by atoms with Crippen molar-refractivity contribution < 1.29 is 158 Å². The van der Waals surface area contributed by atoms with Gasteiger partial charge in [-0.05, 0) is 0 Å². The van der Waals surface area contributed by atoms with Crippen LogP contribution < -0.4 is 118 Å². The Labute approximate surface area is 173 Å². The van der Waals surface area contributed by atoms with E-state index in [1.165, 1.54) is 0 Å². The van der Waals surface area contributed by atoms with Crippen molar-refractivity contribution in [2.45, 2.75) is 0 Å². The van der Waals surface area contributed by atoms with Gasteiger partial charge in [-0.15, -0.1) is 0 Å². The van der Waals surface area contributed by atoms with Gasteiger partial charge in [0.25, 0.3) is 0 Å². The molecule has 0 aromatic heterocycles. The Morgan fingerprint density at radius 1 is 0.786 bits per heavy atom. The van der Waals surface area contributed by atoms with E-state index in [0.29, 0.717) is 0 Å². The van der Waals surface area contributed by atoms with E-state index in [-0.39, 0.29) is 124 Å². The Kier molecular flexibility index (Phi) is 37.5. The third kappa shape index (κ3) is 23.8. The van der Waals surface area contributed by atoms with Gasteiger partial charge in [0, 0.05) is 0 Å². The second-order valence-corrected chi connectivity index (χ2v) is 0.986. The predicted molar refractivity (Wildman–Crippen MR) is 28.1 cm³/mol. The smallest absolute Gasteiger partial charge is 1.00 e. The molecule has 64 valence electrons. The summed E-state index contributed by atoms with van der Waals surface area (Å²) < 4.78 is 6.47. The molecule has 7 nitrogen and oxygen atoms in total. The molecule has 0 aromatic carbocycles. The molecule has 0 heterocycles. The monoisotopic (exact) mass is 246 g/mol. The molecule has 2 N–H and O–H groups in total. The fraction of sp³-hybridized carbons (Fsp3) is 0. The molecule has 0 radical (unpaired) electrons. The molecule has 14 heavy (non-hydrogen) atoms. The van der Waals surface area contributed by atoms with Crippen LogP contribution in [0.5, 0.6) is 0 Å². The van der Waals surface area contributed by atoms with Gasteiger partial charge in [0.15, 0.2) is 0 Å². The van der Waals surface area contributed by atoms with Crippen LogP contribution in [0.25, 0.3) is 0 Å².